The molecule has 0 saturated carbocycles. The molecule has 2 heterocycles. The van der Waals surface area contributed by atoms with Crippen molar-refractivity contribution in [1.82, 2.24) is 14.5 Å². The Kier molecular flexibility index (Phi) is 7.17. The first-order chi connectivity index (χ1) is 27.3. The number of benzene rings is 9. The second-order valence-corrected chi connectivity index (χ2v) is 14.2. The lowest BCUT2D eigenvalue weighted by Gasteiger charge is -2.16. The Labute approximate surface area is 318 Å². The highest BCUT2D eigenvalue weighted by Gasteiger charge is 2.20. The number of hydrogen-bond acceptors (Lipinski definition) is 2. The van der Waals surface area contributed by atoms with Gasteiger partial charge in [-0.1, -0.05) is 164 Å². The van der Waals surface area contributed by atoms with Gasteiger partial charge in [0.25, 0.3) is 0 Å². The average molecular weight is 700 g/mol. The third kappa shape index (κ3) is 5.13. The van der Waals surface area contributed by atoms with E-state index >= 15 is 0 Å². The van der Waals surface area contributed by atoms with Crippen molar-refractivity contribution in [2.24, 2.45) is 0 Å². The molecule has 0 amide bonds. The lowest BCUT2D eigenvalue weighted by molar-refractivity contribution is 1.16. The Balaban J connectivity index is 1.17. The molecule has 11 aromatic rings. The molecule has 3 heteroatoms. The van der Waals surface area contributed by atoms with Crippen LogP contribution in [-0.4, -0.2) is 14.5 Å². The second-order valence-electron chi connectivity index (χ2n) is 14.2. The minimum Gasteiger partial charge on any atom is -0.309 e. The molecule has 0 bridgehead atoms. The topological polar surface area (TPSA) is 30.7 Å². The van der Waals surface area contributed by atoms with Crippen molar-refractivity contribution in [3.05, 3.63) is 200 Å². The third-order valence-electron chi connectivity index (χ3n) is 11.0. The first-order valence-electron chi connectivity index (χ1n) is 18.7. The zero-order valence-electron chi connectivity index (χ0n) is 29.9. The molecule has 0 radical (unpaired) electrons. The van der Waals surface area contributed by atoms with E-state index in [-0.39, 0.29) is 0 Å². The monoisotopic (exact) mass is 699 g/mol. The summed E-state index contributed by atoms with van der Waals surface area (Å²) in [5.41, 5.74) is 10.6. The van der Waals surface area contributed by atoms with Crippen molar-refractivity contribution >= 4 is 54.1 Å². The summed E-state index contributed by atoms with van der Waals surface area (Å²) in [5.74, 6) is 0.694. The van der Waals surface area contributed by atoms with Crippen LogP contribution in [0.15, 0.2) is 200 Å². The van der Waals surface area contributed by atoms with Crippen LogP contribution in [0, 0.1) is 0 Å². The molecule has 0 spiro atoms. The lowest BCUT2D eigenvalue weighted by Crippen LogP contribution is -1.99. The number of hydrogen-bond donors (Lipinski definition) is 0. The van der Waals surface area contributed by atoms with Crippen molar-refractivity contribution in [3.63, 3.8) is 0 Å². The van der Waals surface area contributed by atoms with E-state index in [9.17, 15) is 0 Å². The zero-order valence-corrected chi connectivity index (χ0v) is 29.9. The molecule has 0 aliphatic heterocycles. The van der Waals surface area contributed by atoms with Gasteiger partial charge in [0, 0.05) is 33.2 Å². The van der Waals surface area contributed by atoms with Gasteiger partial charge in [-0.15, -0.1) is 0 Å². The maximum absolute atomic E-state index is 5.32. The van der Waals surface area contributed by atoms with Crippen LogP contribution in [0.3, 0.4) is 0 Å². The number of para-hydroxylation sites is 3. The molecule has 0 aliphatic rings. The summed E-state index contributed by atoms with van der Waals surface area (Å²) in [6, 6.07) is 71.5. The van der Waals surface area contributed by atoms with Gasteiger partial charge >= 0.3 is 0 Å². The molecule has 0 fully saturated rings. The predicted molar refractivity (Wildman–Crippen MR) is 231 cm³/mol. The van der Waals surface area contributed by atoms with E-state index in [2.05, 4.69) is 199 Å². The quantitative estimate of drug-likeness (QED) is 0.132. The van der Waals surface area contributed by atoms with Gasteiger partial charge in [-0.2, -0.15) is 0 Å². The first kappa shape index (κ1) is 31.2. The van der Waals surface area contributed by atoms with Crippen molar-refractivity contribution in [2.45, 2.75) is 0 Å². The van der Waals surface area contributed by atoms with Gasteiger partial charge in [-0.25, -0.2) is 9.97 Å². The van der Waals surface area contributed by atoms with Crippen LogP contribution in [0.4, 0.5) is 0 Å². The molecule has 0 N–H and O–H groups in total. The van der Waals surface area contributed by atoms with Gasteiger partial charge in [0.1, 0.15) is 0 Å². The molecule has 11 rings (SSSR count). The Morgan fingerprint density at radius 2 is 0.982 bits per heavy atom. The Bertz CT molecular complexity index is 3250. The van der Waals surface area contributed by atoms with Crippen molar-refractivity contribution < 1.29 is 0 Å². The van der Waals surface area contributed by atoms with E-state index in [0.29, 0.717) is 5.82 Å². The van der Waals surface area contributed by atoms with Crippen LogP contribution in [0.5, 0.6) is 0 Å². The summed E-state index contributed by atoms with van der Waals surface area (Å²) in [7, 11) is 0. The molecular weight excluding hydrogens is 667 g/mol. The van der Waals surface area contributed by atoms with Gasteiger partial charge in [-0.05, 0) is 79.8 Å². The van der Waals surface area contributed by atoms with Crippen LogP contribution < -0.4 is 0 Å². The summed E-state index contributed by atoms with van der Waals surface area (Å²) in [5, 5.41) is 9.87. The van der Waals surface area contributed by atoms with Crippen LogP contribution in [0.2, 0.25) is 0 Å². The summed E-state index contributed by atoms with van der Waals surface area (Å²) in [6.07, 6.45) is 0. The number of aromatic nitrogens is 3. The van der Waals surface area contributed by atoms with Gasteiger partial charge in [0.05, 0.1) is 22.4 Å². The fourth-order valence-corrected chi connectivity index (χ4v) is 8.49. The van der Waals surface area contributed by atoms with E-state index in [0.717, 1.165) is 50.4 Å². The first-order valence-corrected chi connectivity index (χ1v) is 18.7. The molecule has 256 valence electrons. The Hall–Kier alpha value is -7.36. The summed E-state index contributed by atoms with van der Waals surface area (Å²) in [4.78, 5) is 10.6. The second kappa shape index (κ2) is 12.6. The SMILES string of the molecule is c1ccc(-c2nc(-c3cccc(-c4c5ccccc5cc5c4ccc4ccccc45)c3)cc(-c3cccc4c5ccccc5n(-c5ccccc5)c34)n2)cc1. The minimum absolute atomic E-state index is 0.694. The maximum Gasteiger partial charge on any atom is 0.160 e. The Morgan fingerprint density at radius 3 is 1.84 bits per heavy atom. The van der Waals surface area contributed by atoms with E-state index < -0.39 is 0 Å². The molecule has 0 unspecified atom stereocenters. The van der Waals surface area contributed by atoms with Crippen LogP contribution in [0.1, 0.15) is 0 Å². The number of rotatable bonds is 5. The number of fused-ring (bicyclic) bond motifs is 7. The van der Waals surface area contributed by atoms with Gasteiger partial charge in [0.2, 0.25) is 0 Å². The fraction of sp³-hybridized carbons (Fsp3) is 0. The molecule has 3 nitrogen and oxygen atoms in total. The molecule has 0 saturated heterocycles. The highest BCUT2D eigenvalue weighted by Crippen LogP contribution is 2.42. The molecule has 55 heavy (non-hydrogen) atoms. The third-order valence-corrected chi connectivity index (χ3v) is 11.0. The smallest absolute Gasteiger partial charge is 0.160 e. The van der Waals surface area contributed by atoms with E-state index in [4.69, 9.17) is 9.97 Å². The average Bonchev–Trinajstić information content (AvgIpc) is 3.61. The largest absolute Gasteiger partial charge is 0.309 e. The van der Waals surface area contributed by atoms with E-state index in [1.165, 1.54) is 48.7 Å². The summed E-state index contributed by atoms with van der Waals surface area (Å²) >= 11 is 0. The number of nitrogens with zero attached hydrogens (tertiary/aromatic N) is 3. The fourth-order valence-electron chi connectivity index (χ4n) is 8.49. The van der Waals surface area contributed by atoms with Crippen LogP contribution in [0.25, 0.3) is 105 Å². The summed E-state index contributed by atoms with van der Waals surface area (Å²) in [6.45, 7) is 0. The predicted octanol–water partition coefficient (Wildman–Crippen LogP) is 13.7. The molecule has 9 aromatic carbocycles. The summed E-state index contributed by atoms with van der Waals surface area (Å²) < 4.78 is 2.37. The molecular formula is C52H33N3. The molecule has 0 aliphatic carbocycles. The minimum atomic E-state index is 0.694. The Morgan fingerprint density at radius 1 is 0.345 bits per heavy atom. The van der Waals surface area contributed by atoms with Crippen molar-refractivity contribution in [1.29, 1.82) is 0 Å². The van der Waals surface area contributed by atoms with E-state index in [1.807, 2.05) is 6.07 Å². The van der Waals surface area contributed by atoms with Gasteiger partial charge in [-0.3, -0.25) is 0 Å². The van der Waals surface area contributed by atoms with E-state index in [1.54, 1.807) is 0 Å². The lowest BCUT2D eigenvalue weighted by atomic mass is 9.89. The molecule has 0 atom stereocenters. The molecule has 2 aromatic heterocycles. The normalized spacial score (nSPS) is 11.6. The highest BCUT2D eigenvalue weighted by atomic mass is 15.0. The van der Waals surface area contributed by atoms with Crippen LogP contribution >= 0.6 is 0 Å². The highest BCUT2D eigenvalue weighted by molar-refractivity contribution is 6.20. The van der Waals surface area contributed by atoms with Crippen molar-refractivity contribution in [3.8, 4) is 50.7 Å². The van der Waals surface area contributed by atoms with Crippen molar-refractivity contribution in [2.75, 3.05) is 0 Å². The van der Waals surface area contributed by atoms with Gasteiger partial charge < -0.3 is 4.57 Å². The zero-order chi connectivity index (χ0) is 36.3. The maximum atomic E-state index is 5.32. The van der Waals surface area contributed by atoms with Gasteiger partial charge in [0.15, 0.2) is 5.82 Å². The van der Waals surface area contributed by atoms with Crippen LogP contribution in [-0.2, 0) is 0 Å². The standard InChI is InChI=1S/C52H33N3/c1-3-16-35(17-4-1)52-53-47(33-48(54-52)45-27-14-26-44-42-25-11-12-28-49(42)55(51(44)45)39-21-5-2-6-22-39)37-19-13-20-38(31-37)50-41-24-10-8-18-36(41)32-46-40-23-9-7-15-34(40)29-30-43(46)50/h1-33H.